The molecule has 2 aliphatic carbocycles. The van der Waals surface area contributed by atoms with Gasteiger partial charge >= 0.3 is 0 Å². The molecular weight excluding hydrogens is 434 g/mol. The molecule has 10 nitrogen and oxygen atoms in total. The van der Waals surface area contributed by atoms with Gasteiger partial charge in [-0.25, -0.2) is 4.98 Å². The van der Waals surface area contributed by atoms with E-state index in [1.54, 1.807) is 25.6 Å². The van der Waals surface area contributed by atoms with Crippen molar-refractivity contribution in [3.05, 3.63) is 59.0 Å². The molecule has 3 aromatic heterocycles. The van der Waals surface area contributed by atoms with Crippen LogP contribution in [-0.4, -0.2) is 44.1 Å². The van der Waals surface area contributed by atoms with E-state index in [1.165, 1.54) is 4.68 Å². The van der Waals surface area contributed by atoms with Crippen LogP contribution in [-0.2, 0) is 0 Å². The molecule has 0 unspecified atom stereocenters. The molecule has 10 heteroatoms. The summed E-state index contributed by atoms with van der Waals surface area (Å²) in [5, 5.41) is 16.5. The van der Waals surface area contributed by atoms with E-state index in [2.05, 4.69) is 30.9 Å². The number of fused-ring (bicyclic) bond motifs is 1. The van der Waals surface area contributed by atoms with Crippen LogP contribution in [0, 0.1) is 0 Å². The quantitative estimate of drug-likeness (QED) is 0.428. The molecule has 2 fully saturated rings. The molecule has 0 amide bonds. The molecule has 2 N–H and O–H groups in total. The van der Waals surface area contributed by atoms with Gasteiger partial charge in [0.05, 0.1) is 30.6 Å². The number of benzene rings is 1. The summed E-state index contributed by atoms with van der Waals surface area (Å²) in [6.07, 6.45) is 8.56. The Morgan fingerprint density at radius 2 is 1.91 bits per heavy atom. The minimum atomic E-state index is -0.242. The van der Waals surface area contributed by atoms with E-state index < -0.39 is 0 Å². The third-order valence-electron chi connectivity index (χ3n) is 6.48. The number of hydrogen-bond donors (Lipinski definition) is 2. The fourth-order valence-corrected chi connectivity index (χ4v) is 4.54. The summed E-state index contributed by atoms with van der Waals surface area (Å²) in [5.41, 5.74) is 0.353. The lowest BCUT2D eigenvalue weighted by atomic mass is 10.2. The van der Waals surface area contributed by atoms with Gasteiger partial charge in [0.1, 0.15) is 11.6 Å². The van der Waals surface area contributed by atoms with E-state index >= 15 is 0 Å². The van der Waals surface area contributed by atoms with Gasteiger partial charge in [-0.2, -0.15) is 14.8 Å². The molecule has 0 spiro atoms. The molecule has 174 valence electrons. The van der Waals surface area contributed by atoms with Crippen LogP contribution in [0.1, 0.15) is 43.9 Å². The van der Waals surface area contributed by atoms with Crippen molar-refractivity contribution in [2.24, 2.45) is 0 Å². The van der Waals surface area contributed by atoms with Gasteiger partial charge in [-0.15, -0.1) is 0 Å². The van der Waals surface area contributed by atoms with Gasteiger partial charge < -0.3 is 19.9 Å². The molecule has 0 saturated heterocycles. The Labute approximate surface area is 195 Å². The van der Waals surface area contributed by atoms with E-state index in [1.807, 2.05) is 24.3 Å². The molecule has 34 heavy (non-hydrogen) atoms. The van der Waals surface area contributed by atoms with Crippen molar-refractivity contribution in [3.63, 3.8) is 0 Å². The predicted molar refractivity (Wildman–Crippen MR) is 127 cm³/mol. The Morgan fingerprint density at radius 1 is 1.06 bits per heavy atom. The summed E-state index contributed by atoms with van der Waals surface area (Å²) in [5.74, 6) is 3.07. The fourth-order valence-electron chi connectivity index (χ4n) is 4.54. The topological polar surface area (TPSA) is 120 Å². The monoisotopic (exact) mass is 459 g/mol. The minimum Gasteiger partial charge on any atom is -0.496 e. The molecular formula is C24H25N7O3. The lowest BCUT2D eigenvalue weighted by Crippen LogP contribution is -2.22. The Hall–Kier alpha value is -3.95. The summed E-state index contributed by atoms with van der Waals surface area (Å²) < 4.78 is 12.0. The summed E-state index contributed by atoms with van der Waals surface area (Å²) in [4.78, 5) is 22.0. The van der Waals surface area contributed by atoms with Crippen molar-refractivity contribution < 1.29 is 9.26 Å². The van der Waals surface area contributed by atoms with Gasteiger partial charge in [0.15, 0.2) is 0 Å². The first-order chi connectivity index (χ1) is 16.7. The highest BCUT2D eigenvalue weighted by Gasteiger charge is 2.31. The number of rotatable bonds is 7. The third-order valence-corrected chi connectivity index (χ3v) is 6.48. The van der Waals surface area contributed by atoms with Crippen LogP contribution >= 0.6 is 0 Å². The summed E-state index contributed by atoms with van der Waals surface area (Å²) >= 11 is 0. The second-order valence-corrected chi connectivity index (χ2v) is 8.91. The number of ether oxygens (including phenoxy) is 1. The SMILES string of the molecule is COc1cccc2cnn(-c3ccc(N[C@H]4CC[C@H](Nc5noc(C6CC6)n5)C4)nc3)c(=O)c12. The van der Waals surface area contributed by atoms with Gasteiger partial charge in [-0.3, -0.25) is 4.79 Å². The Kier molecular flexibility index (Phi) is 5.12. The average molecular weight is 460 g/mol. The fraction of sp³-hybridized carbons (Fsp3) is 0.375. The van der Waals surface area contributed by atoms with Crippen LogP contribution in [0.5, 0.6) is 5.75 Å². The molecule has 0 bridgehead atoms. The van der Waals surface area contributed by atoms with Gasteiger partial charge in [-0.05, 0) is 55.5 Å². The van der Waals surface area contributed by atoms with Crippen LogP contribution < -0.4 is 20.9 Å². The van der Waals surface area contributed by atoms with Crippen molar-refractivity contribution in [1.82, 2.24) is 24.9 Å². The zero-order valence-electron chi connectivity index (χ0n) is 18.8. The molecule has 1 aromatic carbocycles. The number of aromatic nitrogens is 5. The Balaban J connectivity index is 1.12. The van der Waals surface area contributed by atoms with Crippen molar-refractivity contribution in [1.29, 1.82) is 0 Å². The standard InChI is InChI=1S/C24H25N7O3/c1-33-19-4-2-3-15-12-26-31(23(32)21(15)19)18-9-10-20(25-13-18)27-16-7-8-17(11-16)28-24-29-22(34-30-24)14-5-6-14/h2-4,9-10,12-14,16-17H,5-8,11H2,1H3,(H,25,27)(H,28,30)/t16-,17-/m0/s1. The van der Waals surface area contributed by atoms with Crippen LogP contribution in [0.2, 0.25) is 0 Å². The van der Waals surface area contributed by atoms with E-state index in [-0.39, 0.29) is 17.6 Å². The number of methoxy groups -OCH3 is 1. The zero-order valence-corrected chi connectivity index (χ0v) is 18.8. The van der Waals surface area contributed by atoms with Gasteiger partial charge in [0, 0.05) is 23.4 Å². The first-order valence-corrected chi connectivity index (χ1v) is 11.6. The lowest BCUT2D eigenvalue weighted by molar-refractivity contribution is 0.379. The average Bonchev–Trinajstić information content (AvgIpc) is 3.46. The highest BCUT2D eigenvalue weighted by molar-refractivity contribution is 5.86. The van der Waals surface area contributed by atoms with Crippen molar-refractivity contribution >= 4 is 22.5 Å². The maximum absolute atomic E-state index is 13.1. The summed E-state index contributed by atoms with van der Waals surface area (Å²) in [6.45, 7) is 0. The normalized spacial score (nSPS) is 19.9. The lowest BCUT2D eigenvalue weighted by Gasteiger charge is -2.15. The summed E-state index contributed by atoms with van der Waals surface area (Å²) in [7, 11) is 1.55. The molecule has 6 rings (SSSR count). The number of nitrogens with zero attached hydrogens (tertiary/aromatic N) is 5. The highest BCUT2D eigenvalue weighted by Crippen LogP contribution is 2.39. The number of anilines is 2. The Morgan fingerprint density at radius 3 is 2.68 bits per heavy atom. The molecule has 2 saturated carbocycles. The van der Waals surface area contributed by atoms with Crippen molar-refractivity contribution in [2.75, 3.05) is 17.7 Å². The first kappa shape index (κ1) is 20.6. The molecule has 0 aliphatic heterocycles. The number of pyridine rings is 1. The molecule has 4 aromatic rings. The number of nitrogens with one attached hydrogen (secondary N) is 2. The first-order valence-electron chi connectivity index (χ1n) is 11.6. The molecule has 2 aliphatic rings. The Bertz CT molecular complexity index is 1380. The van der Waals surface area contributed by atoms with Crippen molar-refractivity contribution in [3.8, 4) is 11.4 Å². The molecule has 2 atom stereocenters. The largest absolute Gasteiger partial charge is 0.496 e. The second kappa shape index (κ2) is 8.44. The van der Waals surface area contributed by atoms with Crippen molar-refractivity contribution in [2.45, 2.75) is 50.1 Å². The van der Waals surface area contributed by atoms with E-state index in [0.717, 1.165) is 49.2 Å². The van der Waals surface area contributed by atoms with Crippen LogP contribution in [0.25, 0.3) is 16.5 Å². The second-order valence-electron chi connectivity index (χ2n) is 8.91. The summed E-state index contributed by atoms with van der Waals surface area (Å²) in [6, 6.07) is 9.75. The minimum absolute atomic E-state index is 0.242. The van der Waals surface area contributed by atoms with Crippen LogP contribution in [0.3, 0.4) is 0 Å². The predicted octanol–water partition coefficient (Wildman–Crippen LogP) is 3.49. The van der Waals surface area contributed by atoms with E-state index in [4.69, 9.17) is 9.26 Å². The van der Waals surface area contributed by atoms with Crippen LogP contribution in [0.15, 0.2) is 52.0 Å². The number of hydrogen-bond acceptors (Lipinski definition) is 9. The third kappa shape index (κ3) is 3.95. The van der Waals surface area contributed by atoms with E-state index in [9.17, 15) is 4.79 Å². The van der Waals surface area contributed by atoms with Crippen LogP contribution in [0.4, 0.5) is 11.8 Å². The van der Waals surface area contributed by atoms with Gasteiger partial charge in [0.25, 0.3) is 11.5 Å². The maximum atomic E-state index is 13.1. The highest BCUT2D eigenvalue weighted by atomic mass is 16.5. The van der Waals surface area contributed by atoms with Gasteiger partial charge in [0.2, 0.25) is 5.89 Å². The molecule has 3 heterocycles. The smallest absolute Gasteiger partial charge is 0.283 e. The van der Waals surface area contributed by atoms with E-state index in [0.29, 0.717) is 28.7 Å². The maximum Gasteiger partial charge on any atom is 0.283 e. The molecule has 0 radical (unpaired) electrons. The van der Waals surface area contributed by atoms with Gasteiger partial charge in [-0.1, -0.05) is 12.1 Å². The zero-order chi connectivity index (χ0) is 23.1.